The predicted octanol–water partition coefficient (Wildman–Crippen LogP) is 3.54. The van der Waals surface area contributed by atoms with Crippen LogP contribution in [0.5, 0.6) is 0 Å². The van der Waals surface area contributed by atoms with Crippen molar-refractivity contribution in [1.82, 2.24) is 9.38 Å². The Kier molecular flexibility index (Phi) is 2.97. The molecule has 3 aromatic rings. The first-order valence-electron chi connectivity index (χ1n) is 7.29. The van der Waals surface area contributed by atoms with Crippen molar-refractivity contribution in [2.75, 3.05) is 11.9 Å². The maximum absolute atomic E-state index is 12.8. The standard InChI is InChI=1S/C17H12F3N3O/c1-22-14-4-2-10(6-11(14)7-16(22)24)13-9-23-8-12(17(18,19)20)3-5-15(23)21-13/h2-6,8-9H,7H2,1H3. The number of nitrogens with zero attached hydrogens (tertiary/aromatic N) is 3. The van der Waals surface area contributed by atoms with E-state index in [0.29, 0.717) is 17.8 Å². The smallest absolute Gasteiger partial charge is 0.315 e. The largest absolute Gasteiger partial charge is 0.417 e. The third kappa shape index (κ3) is 2.24. The Morgan fingerprint density at radius 2 is 1.92 bits per heavy atom. The number of rotatable bonds is 1. The highest BCUT2D eigenvalue weighted by Gasteiger charge is 2.31. The zero-order valence-electron chi connectivity index (χ0n) is 12.6. The molecule has 0 fully saturated rings. The zero-order chi connectivity index (χ0) is 17.1. The molecule has 1 aromatic carbocycles. The summed E-state index contributed by atoms with van der Waals surface area (Å²) < 4.78 is 39.8. The third-order valence-corrected chi connectivity index (χ3v) is 4.23. The number of benzene rings is 1. The maximum atomic E-state index is 12.8. The van der Waals surface area contributed by atoms with Crippen molar-refractivity contribution in [3.8, 4) is 11.3 Å². The summed E-state index contributed by atoms with van der Waals surface area (Å²) in [5.74, 6) is 0.0203. The molecule has 1 amide bonds. The Bertz CT molecular complexity index is 975. The fourth-order valence-corrected chi connectivity index (χ4v) is 2.93. The molecule has 0 unspecified atom stereocenters. The van der Waals surface area contributed by atoms with Gasteiger partial charge >= 0.3 is 6.18 Å². The number of aromatic nitrogens is 2. The lowest BCUT2D eigenvalue weighted by atomic mass is 10.1. The van der Waals surface area contributed by atoms with Gasteiger partial charge in [0.15, 0.2) is 0 Å². The molecule has 4 rings (SSSR count). The lowest BCUT2D eigenvalue weighted by molar-refractivity contribution is -0.137. The van der Waals surface area contributed by atoms with Crippen LogP contribution >= 0.6 is 0 Å². The fourth-order valence-electron chi connectivity index (χ4n) is 2.93. The number of alkyl halides is 3. The van der Waals surface area contributed by atoms with Crippen LogP contribution in [0.15, 0.2) is 42.7 Å². The SMILES string of the molecule is CN1C(=O)Cc2cc(-c3cn4cc(C(F)(F)F)ccc4n3)ccc21. The molecule has 0 radical (unpaired) electrons. The minimum Gasteiger partial charge on any atom is -0.315 e. The molecular weight excluding hydrogens is 319 g/mol. The van der Waals surface area contributed by atoms with E-state index in [-0.39, 0.29) is 5.91 Å². The molecule has 4 nitrogen and oxygen atoms in total. The van der Waals surface area contributed by atoms with E-state index in [4.69, 9.17) is 0 Å². The van der Waals surface area contributed by atoms with E-state index in [1.165, 1.54) is 10.5 Å². The van der Waals surface area contributed by atoms with E-state index in [2.05, 4.69) is 4.98 Å². The van der Waals surface area contributed by atoms with Crippen LogP contribution in [0.1, 0.15) is 11.1 Å². The van der Waals surface area contributed by atoms with Crippen LogP contribution in [-0.2, 0) is 17.4 Å². The van der Waals surface area contributed by atoms with Gasteiger partial charge in [-0.3, -0.25) is 4.79 Å². The molecule has 0 spiro atoms. The summed E-state index contributed by atoms with van der Waals surface area (Å²) in [4.78, 5) is 17.7. The summed E-state index contributed by atoms with van der Waals surface area (Å²) in [7, 11) is 1.72. The number of anilines is 1. The monoisotopic (exact) mass is 331 g/mol. The van der Waals surface area contributed by atoms with Gasteiger partial charge in [-0.2, -0.15) is 13.2 Å². The number of amides is 1. The third-order valence-electron chi connectivity index (χ3n) is 4.23. The summed E-state index contributed by atoms with van der Waals surface area (Å²) in [6, 6.07) is 7.88. The van der Waals surface area contributed by atoms with Crippen molar-refractivity contribution in [3.63, 3.8) is 0 Å². The number of hydrogen-bond acceptors (Lipinski definition) is 2. The molecule has 24 heavy (non-hydrogen) atoms. The van der Waals surface area contributed by atoms with Crippen LogP contribution in [0.3, 0.4) is 0 Å². The molecular formula is C17H12F3N3O. The molecule has 0 N–H and O–H groups in total. The summed E-state index contributed by atoms with van der Waals surface area (Å²) in [6.45, 7) is 0. The van der Waals surface area contributed by atoms with Crippen molar-refractivity contribution < 1.29 is 18.0 Å². The second-order valence-corrected chi connectivity index (χ2v) is 5.78. The summed E-state index contributed by atoms with van der Waals surface area (Å²) in [5, 5.41) is 0. The minimum atomic E-state index is -4.39. The van der Waals surface area contributed by atoms with Gasteiger partial charge in [-0.05, 0) is 29.8 Å². The number of pyridine rings is 1. The molecule has 0 atom stereocenters. The summed E-state index contributed by atoms with van der Waals surface area (Å²) >= 11 is 0. The van der Waals surface area contributed by atoms with Gasteiger partial charge in [-0.25, -0.2) is 4.98 Å². The molecule has 1 aliphatic heterocycles. The van der Waals surface area contributed by atoms with E-state index in [1.807, 2.05) is 18.2 Å². The van der Waals surface area contributed by atoms with E-state index in [0.717, 1.165) is 29.1 Å². The Labute approximate surface area is 135 Å². The molecule has 0 aliphatic carbocycles. The Morgan fingerprint density at radius 3 is 2.67 bits per heavy atom. The number of halogens is 3. The highest BCUT2D eigenvalue weighted by molar-refractivity contribution is 6.01. The molecule has 1 aliphatic rings. The predicted molar refractivity (Wildman–Crippen MR) is 82.7 cm³/mol. The van der Waals surface area contributed by atoms with Gasteiger partial charge in [-0.1, -0.05) is 6.07 Å². The van der Waals surface area contributed by atoms with Crippen molar-refractivity contribution >= 4 is 17.2 Å². The van der Waals surface area contributed by atoms with Crippen molar-refractivity contribution in [2.24, 2.45) is 0 Å². The highest BCUT2D eigenvalue weighted by atomic mass is 19.4. The van der Waals surface area contributed by atoms with Gasteiger partial charge in [0, 0.05) is 30.7 Å². The molecule has 2 aromatic heterocycles. The van der Waals surface area contributed by atoms with Gasteiger partial charge in [0.2, 0.25) is 5.91 Å². The summed E-state index contributed by atoms with van der Waals surface area (Å²) in [6.07, 6.45) is -1.48. The average Bonchev–Trinajstić information content (AvgIpc) is 3.07. The number of carbonyl (C=O) groups is 1. The van der Waals surface area contributed by atoms with Gasteiger partial charge < -0.3 is 9.30 Å². The van der Waals surface area contributed by atoms with Crippen LogP contribution in [0.4, 0.5) is 18.9 Å². The molecule has 7 heteroatoms. The first-order valence-corrected chi connectivity index (χ1v) is 7.29. The number of fused-ring (bicyclic) bond motifs is 2. The summed E-state index contributed by atoms with van der Waals surface area (Å²) in [5.41, 5.74) is 2.81. The Hall–Kier alpha value is -2.83. The molecule has 3 heterocycles. The molecule has 0 saturated heterocycles. The lowest BCUT2D eigenvalue weighted by Gasteiger charge is -2.09. The number of hydrogen-bond donors (Lipinski definition) is 0. The Balaban J connectivity index is 1.78. The van der Waals surface area contributed by atoms with Crippen LogP contribution in [0.2, 0.25) is 0 Å². The number of likely N-dealkylation sites (N-methyl/N-ethyl adjacent to an activating group) is 1. The van der Waals surface area contributed by atoms with Crippen LogP contribution in [-0.4, -0.2) is 22.3 Å². The van der Waals surface area contributed by atoms with E-state index >= 15 is 0 Å². The van der Waals surface area contributed by atoms with E-state index in [9.17, 15) is 18.0 Å². The average molecular weight is 331 g/mol. The van der Waals surface area contributed by atoms with Gasteiger partial charge in [0.1, 0.15) is 5.65 Å². The normalized spacial score (nSPS) is 14.5. The second-order valence-electron chi connectivity index (χ2n) is 5.78. The quantitative estimate of drug-likeness (QED) is 0.684. The van der Waals surface area contributed by atoms with Gasteiger partial charge in [0.25, 0.3) is 0 Å². The fraction of sp³-hybridized carbons (Fsp3) is 0.176. The van der Waals surface area contributed by atoms with Crippen LogP contribution in [0, 0.1) is 0 Å². The first kappa shape index (κ1) is 14.7. The zero-order valence-corrected chi connectivity index (χ0v) is 12.6. The topological polar surface area (TPSA) is 37.6 Å². The highest BCUT2D eigenvalue weighted by Crippen LogP contribution is 2.33. The Morgan fingerprint density at radius 1 is 1.12 bits per heavy atom. The lowest BCUT2D eigenvalue weighted by Crippen LogP contribution is -2.20. The number of carbonyl (C=O) groups excluding carboxylic acids is 1. The van der Waals surface area contributed by atoms with Gasteiger partial charge in [0.05, 0.1) is 17.7 Å². The second kappa shape index (κ2) is 4.83. The van der Waals surface area contributed by atoms with Crippen molar-refractivity contribution in [1.29, 1.82) is 0 Å². The van der Waals surface area contributed by atoms with Crippen molar-refractivity contribution in [2.45, 2.75) is 12.6 Å². The minimum absolute atomic E-state index is 0.0203. The molecule has 122 valence electrons. The maximum Gasteiger partial charge on any atom is 0.417 e. The van der Waals surface area contributed by atoms with E-state index in [1.54, 1.807) is 18.1 Å². The molecule has 0 bridgehead atoms. The van der Waals surface area contributed by atoms with Gasteiger partial charge in [-0.15, -0.1) is 0 Å². The van der Waals surface area contributed by atoms with Crippen LogP contribution in [0.25, 0.3) is 16.9 Å². The first-order chi connectivity index (χ1) is 11.3. The number of imidazole rings is 1. The molecule has 0 saturated carbocycles. The van der Waals surface area contributed by atoms with Crippen LogP contribution < -0.4 is 4.90 Å². The van der Waals surface area contributed by atoms with Crippen molar-refractivity contribution in [3.05, 3.63) is 53.9 Å². The van der Waals surface area contributed by atoms with E-state index < -0.39 is 11.7 Å².